The van der Waals surface area contributed by atoms with Crippen LogP contribution in [0.1, 0.15) is 11.1 Å². The van der Waals surface area contributed by atoms with E-state index in [9.17, 15) is 13.2 Å². The van der Waals surface area contributed by atoms with Crippen molar-refractivity contribution in [3.05, 3.63) is 29.3 Å². The van der Waals surface area contributed by atoms with Crippen LogP contribution in [0.3, 0.4) is 0 Å². The monoisotopic (exact) mass is 281 g/mol. The lowest BCUT2D eigenvalue weighted by atomic mass is 10.1. The molecular weight excluding hydrogens is 267 g/mol. The van der Waals surface area contributed by atoms with Gasteiger partial charge in [-0.25, -0.2) is 0 Å². The van der Waals surface area contributed by atoms with Crippen LogP contribution in [0.15, 0.2) is 18.2 Å². The van der Waals surface area contributed by atoms with E-state index in [4.69, 9.17) is 15.9 Å². The maximum Gasteiger partial charge on any atom is 0.416 e. The zero-order valence-electron chi connectivity index (χ0n) is 9.44. The van der Waals surface area contributed by atoms with E-state index in [-0.39, 0.29) is 22.8 Å². The van der Waals surface area contributed by atoms with E-state index in [2.05, 4.69) is 0 Å². The highest BCUT2D eigenvalue weighted by Gasteiger charge is 2.33. The van der Waals surface area contributed by atoms with Crippen LogP contribution in [0, 0.1) is 0 Å². The van der Waals surface area contributed by atoms with E-state index in [1.54, 1.807) is 0 Å². The molecule has 0 radical (unpaired) electrons. The quantitative estimate of drug-likeness (QED) is 0.721. The van der Waals surface area contributed by atoms with Crippen LogP contribution < -0.4 is 5.73 Å². The van der Waals surface area contributed by atoms with Crippen molar-refractivity contribution in [2.75, 3.05) is 18.1 Å². The van der Waals surface area contributed by atoms with Crippen LogP contribution >= 0.6 is 11.8 Å². The molecule has 0 aliphatic rings. The number of nitrogens with two attached hydrogens (primary N) is 1. The summed E-state index contributed by atoms with van der Waals surface area (Å²) in [6.07, 6.45) is -5.36. The Hall–Kier alpha value is -0.920. The molecule has 0 amide bonds. The van der Waals surface area contributed by atoms with Gasteiger partial charge in [-0.05, 0) is 17.7 Å². The molecule has 7 heteroatoms. The average molecular weight is 281 g/mol. The number of anilines is 1. The van der Waals surface area contributed by atoms with E-state index in [0.29, 0.717) is 0 Å². The molecule has 0 bridgehead atoms. The fraction of sp³-hybridized carbons (Fsp3) is 0.455. The predicted molar refractivity (Wildman–Crippen MR) is 65.1 cm³/mol. The van der Waals surface area contributed by atoms with Crippen LogP contribution in [0.2, 0.25) is 0 Å². The molecule has 4 N–H and O–H groups in total. The second kappa shape index (κ2) is 6.31. The third-order valence-electron chi connectivity index (χ3n) is 2.22. The first-order chi connectivity index (χ1) is 8.34. The Morgan fingerprint density at radius 2 is 2.00 bits per heavy atom. The Morgan fingerprint density at radius 1 is 1.33 bits per heavy atom. The Kier molecular flexibility index (Phi) is 5.30. The zero-order valence-corrected chi connectivity index (χ0v) is 10.3. The summed E-state index contributed by atoms with van der Waals surface area (Å²) >= 11 is 1.12. The van der Waals surface area contributed by atoms with Gasteiger partial charge < -0.3 is 15.9 Å². The highest BCUT2D eigenvalue weighted by atomic mass is 32.2. The minimum absolute atomic E-state index is 0.0615. The molecule has 102 valence electrons. The van der Waals surface area contributed by atoms with E-state index in [1.807, 2.05) is 0 Å². The summed E-state index contributed by atoms with van der Waals surface area (Å²) in [5, 5.41) is 17.7. The van der Waals surface area contributed by atoms with Crippen molar-refractivity contribution in [1.82, 2.24) is 0 Å². The number of alkyl halides is 3. The van der Waals surface area contributed by atoms with E-state index in [1.165, 1.54) is 12.1 Å². The van der Waals surface area contributed by atoms with Crippen LogP contribution in [-0.4, -0.2) is 28.7 Å². The first-order valence-electron chi connectivity index (χ1n) is 5.17. The van der Waals surface area contributed by atoms with Crippen molar-refractivity contribution in [1.29, 1.82) is 0 Å². The third kappa shape index (κ3) is 4.40. The number of benzene rings is 1. The van der Waals surface area contributed by atoms with Gasteiger partial charge in [0.1, 0.15) is 0 Å². The lowest BCUT2D eigenvalue weighted by Crippen LogP contribution is -2.15. The lowest BCUT2D eigenvalue weighted by molar-refractivity contribution is -0.138. The first-order valence-corrected chi connectivity index (χ1v) is 6.32. The van der Waals surface area contributed by atoms with E-state index in [0.717, 1.165) is 17.8 Å². The van der Waals surface area contributed by atoms with Gasteiger partial charge in [0.25, 0.3) is 0 Å². The SMILES string of the molecule is Nc1ccc(CSCC(O)CO)c(C(F)(F)F)c1. The minimum Gasteiger partial charge on any atom is -0.399 e. The summed E-state index contributed by atoms with van der Waals surface area (Å²) in [7, 11) is 0. The molecule has 0 aliphatic carbocycles. The van der Waals surface area contributed by atoms with Gasteiger partial charge in [0, 0.05) is 17.2 Å². The number of thioether (sulfide) groups is 1. The topological polar surface area (TPSA) is 66.5 Å². The molecule has 0 saturated carbocycles. The van der Waals surface area contributed by atoms with Gasteiger partial charge in [0.15, 0.2) is 0 Å². The van der Waals surface area contributed by atoms with Crippen molar-refractivity contribution in [2.45, 2.75) is 18.0 Å². The van der Waals surface area contributed by atoms with Crippen molar-refractivity contribution < 1.29 is 23.4 Å². The Labute approximate surface area is 107 Å². The Bertz CT molecular complexity index is 398. The minimum atomic E-state index is -4.44. The van der Waals surface area contributed by atoms with Crippen LogP contribution in [-0.2, 0) is 11.9 Å². The second-order valence-corrected chi connectivity index (χ2v) is 4.80. The normalized spacial score (nSPS) is 13.6. The molecule has 1 rings (SSSR count). The fourth-order valence-electron chi connectivity index (χ4n) is 1.34. The van der Waals surface area contributed by atoms with Crippen molar-refractivity contribution >= 4 is 17.4 Å². The molecule has 0 saturated heterocycles. The molecule has 0 aliphatic heterocycles. The third-order valence-corrected chi connectivity index (χ3v) is 3.35. The summed E-state index contributed by atoms with van der Waals surface area (Å²) < 4.78 is 38.2. The molecule has 18 heavy (non-hydrogen) atoms. The standard InChI is InChI=1S/C11H14F3NO2S/c12-11(13,14)10-3-8(15)2-1-7(10)5-18-6-9(17)4-16/h1-3,9,16-17H,4-6,15H2. The van der Waals surface area contributed by atoms with E-state index >= 15 is 0 Å². The number of hydrogen-bond donors (Lipinski definition) is 3. The molecule has 1 aromatic rings. The summed E-state index contributed by atoms with van der Waals surface area (Å²) in [6, 6.07) is 3.64. The highest BCUT2D eigenvalue weighted by molar-refractivity contribution is 7.98. The highest BCUT2D eigenvalue weighted by Crippen LogP contribution is 2.34. The van der Waals surface area contributed by atoms with Gasteiger partial charge >= 0.3 is 6.18 Å². The van der Waals surface area contributed by atoms with Gasteiger partial charge in [0.2, 0.25) is 0 Å². The predicted octanol–water partition coefficient (Wildman–Crippen LogP) is 1.87. The molecule has 0 heterocycles. The zero-order chi connectivity index (χ0) is 13.8. The number of rotatable bonds is 5. The van der Waals surface area contributed by atoms with Crippen molar-refractivity contribution in [3.8, 4) is 0 Å². The summed E-state index contributed by atoms with van der Waals surface area (Å²) in [5.41, 5.74) is 4.77. The van der Waals surface area contributed by atoms with Gasteiger partial charge in [-0.2, -0.15) is 24.9 Å². The molecular formula is C11H14F3NO2S. The number of aliphatic hydroxyl groups is 2. The molecule has 0 spiro atoms. The summed E-state index contributed by atoms with van der Waals surface area (Å²) in [6.45, 7) is -0.402. The number of aliphatic hydroxyl groups excluding tert-OH is 2. The van der Waals surface area contributed by atoms with Crippen LogP contribution in [0.4, 0.5) is 18.9 Å². The van der Waals surface area contributed by atoms with Gasteiger partial charge in [-0.15, -0.1) is 0 Å². The molecule has 0 fully saturated rings. The molecule has 0 aromatic heterocycles. The van der Waals surface area contributed by atoms with Gasteiger partial charge in [-0.1, -0.05) is 6.07 Å². The van der Waals surface area contributed by atoms with Crippen LogP contribution in [0.5, 0.6) is 0 Å². The van der Waals surface area contributed by atoms with E-state index < -0.39 is 24.5 Å². The largest absolute Gasteiger partial charge is 0.416 e. The number of hydrogen-bond acceptors (Lipinski definition) is 4. The molecule has 1 unspecified atom stereocenters. The molecule has 1 aromatic carbocycles. The van der Waals surface area contributed by atoms with Crippen LogP contribution in [0.25, 0.3) is 0 Å². The van der Waals surface area contributed by atoms with Gasteiger partial charge in [0.05, 0.1) is 18.3 Å². The van der Waals surface area contributed by atoms with Crippen molar-refractivity contribution in [3.63, 3.8) is 0 Å². The van der Waals surface area contributed by atoms with Gasteiger partial charge in [-0.3, -0.25) is 0 Å². The van der Waals surface area contributed by atoms with Crippen molar-refractivity contribution in [2.24, 2.45) is 0 Å². The smallest absolute Gasteiger partial charge is 0.399 e. The number of halogens is 3. The lowest BCUT2D eigenvalue weighted by Gasteiger charge is -2.14. The molecule has 1 atom stereocenters. The molecule has 3 nitrogen and oxygen atoms in total. The first kappa shape index (κ1) is 15.1. The summed E-state index contributed by atoms with van der Waals surface area (Å²) in [4.78, 5) is 0. The second-order valence-electron chi connectivity index (χ2n) is 3.77. The Balaban J connectivity index is 2.76. The summed E-state index contributed by atoms with van der Waals surface area (Å²) in [5.74, 6) is 0.282. The maximum absolute atomic E-state index is 12.7. The number of nitrogen functional groups attached to an aromatic ring is 1. The maximum atomic E-state index is 12.7. The average Bonchev–Trinajstić information content (AvgIpc) is 2.29. The fourth-order valence-corrected chi connectivity index (χ4v) is 2.31. The Morgan fingerprint density at radius 3 is 2.56 bits per heavy atom.